The van der Waals surface area contributed by atoms with Crippen molar-refractivity contribution in [3.05, 3.63) is 22.4 Å². The summed E-state index contributed by atoms with van der Waals surface area (Å²) in [5.41, 5.74) is 7.54. The molecule has 0 unspecified atom stereocenters. The van der Waals surface area contributed by atoms with Crippen molar-refractivity contribution in [3.8, 4) is 11.5 Å². The number of nitrogens with one attached hydrogen (secondary N) is 1. The second-order valence-electron chi connectivity index (χ2n) is 2.91. The fraction of sp³-hybridized carbons (Fsp3) is 0.222. The van der Waals surface area contributed by atoms with Gasteiger partial charge in [-0.15, -0.1) is 0 Å². The largest absolute Gasteiger partial charge is 0.461 e. The van der Waals surface area contributed by atoms with E-state index in [4.69, 9.17) is 10.2 Å². The summed E-state index contributed by atoms with van der Waals surface area (Å²) in [6.45, 7) is 2.03. The molecule has 2 aromatic rings. The molecule has 0 aromatic carbocycles. The first-order valence-electron chi connectivity index (χ1n) is 4.30. The average molecular weight is 256 g/mol. The third kappa shape index (κ3) is 1.33. The van der Waals surface area contributed by atoms with Crippen LogP contribution >= 0.6 is 15.9 Å². The second kappa shape index (κ2) is 3.49. The van der Waals surface area contributed by atoms with E-state index in [1.54, 1.807) is 6.26 Å². The number of nitrogen functional groups attached to an aromatic ring is 1. The van der Waals surface area contributed by atoms with Crippen LogP contribution < -0.4 is 5.73 Å². The van der Waals surface area contributed by atoms with Crippen LogP contribution in [0.4, 0.5) is 5.82 Å². The first-order valence-corrected chi connectivity index (χ1v) is 5.09. The van der Waals surface area contributed by atoms with E-state index in [1.807, 2.05) is 13.0 Å². The van der Waals surface area contributed by atoms with Gasteiger partial charge < -0.3 is 10.2 Å². The first-order chi connectivity index (χ1) is 6.74. The molecule has 0 aliphatic carbocycles. The Morgan fingerprint density at radius 1 is 1.64 bits per heavy atom. The van der Waals surface area contributed by atoms with Crippen molar-refractivity contribution < 1.29 is 4.42 Å². The van der Waals surface area contributed by atoms with Gasteiger partial charge in [-0.3, -0.25) is 5.10 Å². The molecule has 5 heteroatoms. The van der Waals surface area contributed by atoms with Crippen LogP contribution in [0.15, 0.2) is 21.2 Å². The molecular formula is C9H10BrN3O. The monoisotopic (exact) mass is 255 g/mol. The molecule has 0 spiro atoms. The molecule has 0 atom stereocenters. The van der Waals surface area contributed by atoms with Crippen molar-refractivity contribution in [2.75, 3.05) is 5.73 Å². The number of hydrogen-bond donors (Lipinski definition) is 2. The number of rotatable bonds is 2. The van der Waals surface area contributed by atoms with Crippen LogP contribution in [0, 0.1) is 0 Å². The predicted molar refractivity (Wildman–Crippen MR) is 57.8 cm³/mol. The van der Waals surface area contributed by atoms with Crippen molar-refractivity contribution in [3.63, 3.8) is 0 Å². The van der Waals surface area contributed by atoms with E-state index in [0.29, 0.717) is 5.82 Å². The molecule has 2 heterocycles. The minimum absolute atomic E-state index is 0.533. The van der Waals surface area contributed by atoms with Gasteiger partial charge in [-0.1, -0.05) is 6.92 Å². The van der Waals surface area contributed by atoms with Gasteiger partial charge in [0, 0.05) is 5.56 Å². The molecule has 0 radical (unpaired) electrons. The molecule has 74 valence electrons. The summed E-state index contributed by atoms with van der Waals surface area (Å²) in [4.78, 5) is 0. The Balaban J connectivity index is 2.57. The highest BCUT2D eigenvalue weighted by molar-refractivity contribution is 9.10. The summed E-state index contributed by atoms with van der Waals surface area (Å²) >= 11 is 3.39. The van der Waals surface area contributed by atoms with Crippen LogP contribution in [0.5, 0.6) is 0 Å². The van der Waals surface area contributed by atoms with Gasteiger partial charge in [0.15, 0.2) is 5.76 Å². The lowest BCUT2D eigenvalue weighted by Gasteiger charge is -1.97. The molecule has 14 heavy (non-hydrogen) atoms. The zero-order valence-electron chi connectivity index (χ0n) is 7.67. The summed E-state index contributed by atoms with van der Waals surface area (Å²) in [5.74, 6) is 1.27. The van der Waals surface area contributed by atoms with Gasteiger partial charge >= 0.3 is 0 Å². The molecule has 0 saturated carbocycles. The number of nitrogens with two attached hydrogens (primary N) is 1. The van der Waals surface area contributed by atoms with Gasteiger partial charge in [0.2, 0.25) is 0 Å². The number of aromatic amines is 1. The fourth-order valence-electron chi connectivity index (χ4n) is 1.40. The Hall–Kier alpha value is -1.23. The first kappa shape index (κ1) is 9.33. The van der Waals surface area contributed by atoms with Crippen LogP contribution in [-0.4, -0.2) is 10.2 Å². The summed E-state index contributed by atoms with van der Waals surface area (Å²) in [6, 6.07) is 1.84. The molecule has 3 N–H and O–H groups in total. The number of halogens is 1. The lowest BCUT2D eigenvalue weighted by Crippen LogP contribution is -1.90. The molecule has 2 aromatic heterocycles. The number of hydrogen-bond acceptors (Lipinski definition) is 3. The smallest absolute Gasteiger partial charge is 0.166 e. The van der Waals surface area contributed by atoms with Crippen molar-refractivity contribution >= 4 is 21.7 Å². The van der Waals surface area contributed by atoms with E-state index in [9.17, 15) is 0 Å². The molecule has 0 aliphatic heterocycles. The summed E-state index contributed by atoms with van der Waals surface area (Å²) in [6.07, 6.45) is 2.45. The van der Waals surface area contributed by atoms with Crippen LogP contribution in [0.1, 0.15) is 12.5 Å². The molecule has 4 nitrogen and oxygen atoms in total. The minimum Gasteiger partial charge on any atom is -0.461 e. The highest BCUT2D eigenvalue weighted by Crippen LogP contribution is 2.32. The van der Waals surface area contributed by atoms with Crippen LogP contribution in [-0.2, 0) is 6.42 Å². The molecule has 0 saturated heterocycles. The second-order valence-corrected chi connectivity index (χ2v) is 3.77. The van der Waals surface area contributed by atoms with E-state index in [-0.39, 0.29) is 0 Å². The van der Waals surface area contributed by atoms with Gasteiger partial charge in [0.05, 0.1) is 10.7 Å². The van der Waals surface area contributed by atoms with Crippen LogP contribution in [0.2, 0.25) is 0 Å². The maximum absolute atomic E-state index is 5.71. The molecular weight excluding hydrogens is 246 g/mol. The number of nitrogens with zero attached hydrogens (tertiary/aromatic N) is 1. The number of H-pyrrole nitrogens is 1. The lowest BCUT2D eigenvalue weighted by molar-refractivity contribution is 0.578. The molecule has 0 bridgehead atoms. The lowest BCUT2D eigenvalue weighted by atomic mass is 10.1. The highest BCUT2D eigenvalue weighted by atomic mass is 79.9. The Labute approximate surface area is 89.6 Å². The van der Waals surface area contributed by atoms with Crippen LogP contribution in [0.25, 0.3) is 11.5 Å². The summed E-state index contributed by atoms with van der Waals surface area (Å²) < 4.78 is 6.23. The quantitative estimate of drug-likeness (QED) is 0.867. The van der Waals surface area contributed by atoms with E-state index in [0.717, 1.165) is 27.9 Å². The molecule has 0 aliphatic rings. The predicted octanol–water partition coefficient (Wildman–Crippen LogP) is 2.58. The zero-order valence-corrected chi connectivity index (χ0v) is 9.26. The van der Waals surface area contributed by atoms with Gasteiger partial charge in [-0.05, 0) is 28.4 Å². The number of anilines is 1. The minimum atomic E-state index is 0.533. The Bertz CT molecular complexity index is 447. The van der Waals surface area contributed by atoms with Crippen molar-refractivity contribution in [2.24, 2.45) is 0 Å². The number of aromatic nitrogens is 2. The Kier molecular flexibility index (Phi) is 2.33. The number of furan rings is 1. The molecule has 0 fully saturated rings. The van der Waals surface area contributed by atoms with Gasteiger partial charge in [0.1, 0.15) is 11.5 Å². The molecule has 0 amide bonds. The highest BCUT2D eigenvalue weighted by Gasteiger charge is 2.15. The maximum atomic E-state index is 5.71. The maximum Gasteiger partial charge on any atom is 0.166 e. The average Bonchev–Trinajstić information content (AvgIpc) is 2.71. The third-order valence-corrected chi connectivity index (χ3v) is 2.72. The van der Waals surface area contributed by atoms with Crippen molar-refractivity contribution in [1.29, 1.82) is 0 Å². The molecule has 2 rings (SSSR count). The van der Waals surface area contributed by atoms with Gasteiger partial charge in [-0.2, -0.15) is 5.10 Å². The van der Waals surface area contributed by atoms with Gasteiger partial charge in [-0.25, -0.2) is 0 Å². The van der Waals surface area contributed by atoms with Crippen LogP contribution in [0.3, 0.4) is 0 Å². The Morgan fingerprint density at radius 2 is 2.43 bits per heavy atom. The van der Waals surface area contributed by atoms with Crippen molar-refractivity contribution in [1.82, 2.24) is 10.2 Å². The Morgan fingerprint density at radius 3 is 3.00 bits per heavy atom. The standard InChI is InChI=1S/C9H10BrN3O/c1-2-5-7(12-13-9(5)11)8-6(10)3-4-14-8/h3-4H,2H2,1H3,(H3,11,12,13). The SMILES string of the molecule is CCc1c(N)n[nH]c1-c1occc1Br. The van der Waals surface area contributed by atoms with Gasteiger partial charge in [0.25, 0.3) is 0 Å². The summed E-state index contributed by atoms with van der Waals surface area (Å²) in [7, 11) is 0. The normalized spacial score (nSPS) is 10.7. The fourth-order valence-corrected chi connectivity index (χ4v) is 1.80. The zero-order chi connectivity index (χ0) is 10.1. The van der Waals surface area contributed by atoms with E-state index < -0.39 is 0 Å². The van der Waals surface area contributed by atoms with E-state index >= 15 is 0 Å². The van der Waals surface area contributed by atoms with E-state index in [2.05, 4.69) is 26.1 Å². The third-order valence-electron chi connectivity index (χ3n) is 2.10. The summed E-state index contributed by atoms with van der Waals surface area (Å²) in [5, 5.41) is 6.83. The topological polar surface area (TPSA) is 67.8 Å². The van der Waals surface area contributed by atoms with E-state index in [1.165, 1.54) is 0 Å². The van der Waals surface area contributed by atoms with Crippen molar-refractivity contribution in [2.45, 2.75) is 13.3 Å².